The van der Waals surface area contributed by atoms with Crippen LogP contribution in [0.4, 0.5) is 0 Å². The van der Waals surface area contributed by atoms with Crippen molar-refractivity contribution in [3.8, 4) is 0 Å². The van der Waals surface area contributed by atoms with Gasteiger partial charge in [0.25, 0.3) is 11.8 Å². The summed E-state index contributed by atoms with van der Waals surface area (Å²) in [5.74, 6) is -0.314. The van der Waals surface area contributed by atoms with Crippen molar-refractivity contribution >= 4 is 11.8 Å². The Labute approximate surface area is 155 Å². The molecule has 0 aliphatic heterocycles. The summed E-state index contributed by atoms with van der Waals surface area (Å²) in [6.45, 7) is 2.10. The second-order valence-electron chi connectivity index (χ2n) is 6.49. The Kier molecular flexibility index (Phi) is 7.83. The Morgan fingerprint density at radius 2 is 1.46 bits per heavy atom. The van der Waals surface area contributed by atoms with Gasteiger partial charge in [0.1, 0.15) is 0 Å². The topological polar surface area (TPSA) is 61.4 Å². The zero-order valence-electron chi connectivity index (χ0n) is 15.5. The number of carbonyl (C=O) groups is 2. The molecular weight excluding hydrogens is 326 g/mol. The normalized spacial score (nSPS) is 10.6. The molecule has 0 aliphatic rings. The molecule has 2 rings (SSSR count). The quantitative estimate of drug-likeness (QED) is 0.680. The fourth-order valence-electron chi connectivity index (χ4n) is 2.57. The molecule has 0 radical (unpaired) electrons. The van der Waals surface area contributed by atoms with Crippen molar-refractivity contribution in [1.82, 2.24) is 15.5 Å². The molecule has 5 heteroatoms. The fraction of sp³-hybridized carbons (Fsp3) is 0.333. The van der Waals surface area contributed by atoms with Gasteiger partial charge >= 0.3 is 0 Å². The van der Waals surface area contributed by atoms with Crippen molar-refractivity contribution in [3.63, 3.8) is 0 Å². The zero-order chi connectivity index (χ0) is 18.8. The molecule has 0 spiro atoms. The van der Waals surface area contributed by atoms with Crippen LogP contribution in [-0.4, -0.2) is 50.4 Å². The van der Waals surface area contributed by atoms with Gasteiger partial charge in [-0.2, -0.15) is 0 Å². The molecule has 2 aromatic rings. The number of hydrogen-bond acceptors (Lipinski definition) is 3. The maximum atomic E-state index is 12.3. The summed E-state index contributed by atoms with van der Waals surface area (Å²) < 4.78 is 0. The van der Waals surface area contributed by atoms with Crippen LogP contribution in [0.25, 0.3) is 0 Å². The SMILES string of the molecule is CN(C)CCCNC(=O)c1cccc(C(=O)NCCc2ccccc2)c1. The van der Waals surface area contributed by atoms with Crippen molar-refractivity contribution in [2.45, 2.75) is 12.8 Å². The lowest BCUT2D eigenvalue weighted by Crippen LogP contribution is -2.28. The predicted molar refractivity (Wildman–Crippen MR) is 104 cm³/mol. The third-order valence-electron chi connectivity index (χ3n) is 4.00. The van der Waals surface area contributed by atoms with Gasteiger partial charge in [-0.1, -0.05) is 36.4 Å². The van der Waals surface area contributed by atoms with E-state index in [0.717, 1.165) is 19.4 Å². The third-order valence-corrected chi connectivity index (χ3v) is 4.00. The molecule has 0 atom stereocenters. The van der Waals surface area contributed by atoms with Crippen LogP contribution in [0.3, 0.4) is 0 Å². The van der Waals surface area contributed by atoms with Crippen LogP contribution >= 0.6 is 0 Å². The lowest BCUT2D eigenvalue weighted by atomic mass is 10.1. The number of nitrogens with zero attached hydrogens (tertiary/aromatic N) is 1. The maximum absolute atomic E-state index is 12.3. The van der Waals surface area contributed by atoms with Gasteiger partial charge in [-0.3, -0.25) is 9.59 Å². The average molecular weight is 353 g/mol. The molecule has 5 nitrogen and oxygen atoms in total. The standard InChI is InChI=1S/C21H27N3O2/c1-24(2)15-7-13-22-20(25)18-10-6-11-19(16-18)21(26)23-14-12-17-8-4-3-5-9-17/h3-6,8-11,16H,7,12-15H2,1-2H3,(H,22,25)(H,23,26). The van der Waals surface area contributed by atoms with Crippen LogP contribution in [0.15, 0.2) is 54.6 Å². The number of rotatable bonds is 9. The van der Waals surface area contributed by atoms with E-state index in [4.69, 9.17) is 0 Å². The minimum Gasteiger partial charge on any atom is -0.352 e. The van der Waals surface area contributed by atoms with E-state index >= 15 is 0 Å². The molecular formula is C21H27N3O2. The summed E-state index contributed by atoms with van der Waals surface area (Å²) in [5.41, 5.74) is 2.18. The van der Waals surface area contributed by atoms with E-state index in [1.54, 1.807) is 24.3 Å². The number of carbonyl (C=O) groups excluding carboxylic acids is 2. The van der Waals surface area contributed by atoms with E-state index in [1.807, 2.05) is 44.4 Å². The fourth-order valence-corrected chi connectivity index (χ4v) is 2.57. The summed E-state index contributed by atoms with van der Waals surface area (Å²) in [5, 5.41) is 5.79. The van der Waals surface area contributed by atoms with E-state index in [0.29, 0.717) is 24.2 Å². The van der Waals surface area contributed by atoms with Crippen LogP contribution < -0.4 is 10.6 Å². The lowest BCUT2D eigenvalue weighted by Gasteiger charge is -2.10. The van der Waals surface area contributed by atoms with Crippen molar-refractivity contribution in [3.05, 3.63) is 71.3 Å². The molecule has 2 N–H and O–H groups in total. The van der Waals surface area contributed by atoms with Gasteiger partial charge < -0.3 is 15.5 Å². The second kappa shape index (κ2) is 10.4. The third kappa shape index (κ3) is 6.69. The molecule has 0 aliphatic carbocycles. The molecule has 0 saturated carbocycles. The van der Waals surface area contributed by atoms with E-state index in [9.17, 15) is 9.59 Å². The second-order valence-corrected chi connectivity index (χ2v) is 6.49. The Balaban J connectivity index is 1.83. The van der Waals surface area contributed by atoms with E-state index < -0.39 is 0 Å². The molecule has 0 heterocycles. The summed E-state index contributed by atoms with van der Waals surface area (Å²) in [4.78, 5) is 26.6. The number of benzene rings is 2. The molecule has 0 aromatic heterocycles. The Morgan fingerprint density at radius 3 is 2.08 bits per heavy atom. The van der Waals surface area contributed by atoms with Crippen LogP contribution in [-0.2, 0) is 6.42 Å². The van der Waals surface area contributed by atoms with Gasteiger partial charge in [0.05, 0.1) is 0 Å². The largest absolute Gasteiger partial charge is 0.352 e. The molecule has 2 amide bonds. The Bertz CT molecular complexity index is 714. The highest BCUT2D eigenvalue weighted by Gasteiger charge is 2.10. The highest BCUT2D eigenvalue weighted by Crippen LogP contribution is 2.06. The summed E-state index contributed by atoms with van der Waals surface area (Å²) in [6.07, 6.45) is 1.66. The number of amides is 2. The highest BCUT2D eigenvalue weighted by molar-refractivity contribution is 5.99. The number of nitrogens with one attached hydrogen (secondary N) is 2. The van der Waals surface area contributed by atoms with Crippen LogP contribution in [0, 0.1) is 0 Å². The van der Waals surface area contributed by atoms with Crippen molar-refractivity contribution in [1.29, 1.82) is 0 Å². The zero-order valence-corrected chi connectivity index (χ0v) is 15.5. The monoisotopic (exact) mass is 353 g/mol. The smallest absolute Gasteiger partial charge is 0.251 e. The van der Waals surface area contributed by atoms with Crippen LogP contribution in [0.5, 0.6) is 0 Å². The maximum Gasteiger partial charge on any atom is 0.251 e. The first-order valence-electron chi connectivity index (χ1n) is 8.91. The lowest BCUT2D eigenvalue weighted by molar-refractivity contribution is 0.0952. The molecule has 0 saturated heterocycles. The van der Waals surface area contributed by atoms with Gasteiger partial charge in [-0.15, -0.1) is 0 Å². The van der Waals surface area contributed by atoms with Crippen molar-refractivity contribution in [2.75, 3.05) is 33.7 Å². The van der Waals surface area contributed by atoms with Gasteiger partial charge in [0.15, 0.2) is 0 Å². The summed E-state index contributed by atoms with van der Waals surface area (Å²) in [6, 6.07) is 16.8. The summed E-state index contributed by atoms with van der Waals surface area (Å²) in [7, 11) is 4.00. The first-order chi connectivity index (χ1) is 12.6. The van der Waals surface area contributed by atoms with Crippen molar-refractivity contribution < 1.29 is 9.59 Å². The first-order valence-corrected chi connectivity index (χ1v) is 8.91. The molecule has 0 unspecified atom stereocenters. The minimum absolute atomic E-state index is 0.150. The molecule has 138 valence electrons. The Morgan fingerprint density at radius 1 is 0.846 bits per heavy atom. The highest BCUT2D eigenvalue weighted by atomic mass is 16.2. The van der Waals surface area contributed by atoms with E-state index in [2.05, 4.69) is 15.5 Å². The molecule has 0 fully saturated rings. The van der Waals surface area contributed by atoms with Gasteiger partial charge in [0.2, 0.25) is 0 Å². The molecule has 26 heavy (non-hydrogen) atoms. The van der Waals surface area contributed by atoms with E-state index in [1.165, 1.54) is 5.56 Å². The van der Waals surface area contributed by atoms with Crippen LogP contribution in [0.2, 0.25) is 0 Å². The first kappa shape index (κ1) is 19.7. The van der Waals surface area contributed by atoms with Crippen LogP contribution in [0.1, 0.15) is 32.7 Å². The Hall–Kier alpha value is -2.66. The number of hydrogen-bond donors (Lipinski definition) is 2. The van der Waals surface area contributed by atoms with Crippen molar-refractivity contribution in [2.24, 2.45) is 0 Å². The van der Waals surface area contributed by atoms with Gasteiger partial charge in [-0.25, -0.2) is 0 Å². The average Bonchev–Trinajstić information content (AvgIpc) is 2.66. The molecule has 0 bridgehead atoms. The van der Waals surface area contributed by atoms with Gasteiger partial charge in [-0.05, 0) is 57.2 Å². The predicted octanol–water partition coefficient (Wildman–Crippen LogP) is 2.34. The van der Waals surface area contributed by atoms with E-state index in [-0.39, 0.29) is 11.8 Å². The summed E-state index contributed by atoms with van der Waals surface area (Å²) >= 11 is 0. The van der Waals surface area contributed by atoms with Gasteiger partial charge in [0, 0.05) is 24.2 Å². The molecule has 2 aromatic carbocycles. The minimum atomic E-state index is -0.164.